The van der Waals surface area contributed by atoms with E-state index in [1.165, 1.54) is 0 Å². The van der Waals surface area contributed by atoms with Gasteiger partial charge in [0, 0.05) is 16.7 Å². The Morgan fingerprint density at radius 2 is 2.36 bits per heavy atom. The number of aromatic nitrogens is 1. The third kappa shape index (κ3) is 1.91. The number of aromatic hydroxyl groups is 1. The molecule has 3 N–H and O–H groups in total. The zero-order valence-corrected chi connectivity index (χ0v) is 7.67. The lowest BCUT2D eigenvalue weighted by Crippen LogP contribution is -2.07. The van der Waals surface area contributed by atoms with E-state index < -0.39 is 0 Å². The number of pyridine rings is 1. The van der Waals surface area contributed by atoms with Crippen molar-refractivity contribution in [3.8, 4) is 5.75 Å². The van der Waals surface area contributed by atoms with Gasteiger partial charge in [-0.1, -0.05) is 0 Å². The van der Waals surface area contributed by atoms with Gasteiger partial charge in [0.2, 0.25) is 0 Å². The molecule has 1 rings (SSSR count). The molecule has 4 heteroatoms. The average Bonchev–Trinajstić information content (AvgIpc) is 1.85. The Morgan fingerprint density at radius 3 is 2.82 bits per heavy atom. The Labute approximate surface area is 73.4 Å². The molecule has 0 aromatic carbocycles. The van der Waals surface area contributed by atoms with Gasteiger partial charge in [0.05, 0.1) is 5.69 Å². The van der Waals surface area contributed by atoms with Crippen LogP contribution in [0.4, 0.5) is 0 Å². The predicted molar refractivity (Wildman–Crippen MR) is 46.2 cm³/mol. The predicted octanol–water partition coefficient (Wildman–Crippen LogP) is 1.57. The Balaban J connectivity index is 3.09. The van der Waals surface area contributed by atoms with Crippen LogP contribution in [-0.2, 0) is 0 Å². The minimum absolute atomic E-state index is 0.134. The molecule has 1 heterocycles. The van der Waals surface area contributed by atoms with Crippen LogP contribution < -0.4 is 5.73 Å². The summed E-state index contributed by atoms with van der Waals surface area (Å²) in [7, 11) is 0. The molecule has 1 aromatic rings. The summed E-state index contributed by atoms with van der Waals surface area (Å²) in [5, 5.41) is 9.29. The van der Waals surface area contributed by atoms with Crippen molar-refractivity contribution < 1.29 is 5.11 Å². The van der Waals surface area contributed by atoms with Crippen molar-refractivity contribution >= 4 is 15.9 Å². The van der Waals surface area contributed by atoms with Crippen molar-refractivity contribution in [1.29, 1.82) is 0 Å². The normalized spacial score (nSPS) is 13.0. The van der Waals surface area contributed by atoms with Crippen molar-refractivity contribution in [3.63, 3.8) is 0 Å². The summed E-state index contributed by atoms with van der Waals surface area (Å²) in [5.74, 6) is 0.134. The summed E-state index contributed by atoms with van der Waals surface area (Å²) in [6.45, 7) is 1.77. The topological polar surface area (TPSA) is 59.1 Å². The molecule has 60 valence electrons. The van der Waals surface area contributed by atoms with Gasteiger partial charge in [-0.15, -0.1) is 0 Å². The van der Waals surface area contributed by atoms with Crippen LogP contribution in [0.1, 0.15) is 18.7 Å². The van der Waals surface area contributed by atoms with Gasteiger partial charge in [-0.2, -0.15) is 0 Å². The van der Waals surface area contributed by atoms with Crippen LogP contribution in [0.25, 0.3) is 0 Å². The number of nitrogens with two attached hydrogens (primary N) is 1. The number of nitrogens with zero attached hydrogens (tertiary/aromatic N) is 1. The first-order chi connectivity index (χ1) is 5.11. The monoisotopic (exact) mass is 216 g/mol. The van der Waals surface area contributed by atoms with Crippen LogP contribution in [0.3, 0.4) is 0 Å². The molecule has 1 unspecified atom stereocenters. The van der Waals surface area contributed by atoms with Gasteiger partial charge in [-0.25, -0.2) is 0 Å². The molecular weight excluding hydrogens is 208 g/mol. The second kappa shape index (κ2) is 3.19. The van der Waals surface area contributed by atoms with Gasteiger partial charge in [0.15, 0.2) is 0 Å². The highest BCUT2D eigenvalue weighted by molar-refractivity contribution is 9.10. The summed E-state index contributed by atoms with van der Waals surface area (Å²) in [4.78, 5) is 3.96. The lowest BCUT2D eigenvalue weighted by Gasteiger charge is -2.05. The molecule has 0 amide bonds. The first-order valence-electron chi connectivity index (χ1n) is 3.21. The first-order valence-corrected chi connectivity index (χ1v) is 4.00. The Morgan fingerprint density at radius 1 is 1.73 bits per heavy atom. The number of rotatable bonds is 1. The van der Waals surface area contributed by atoms with Crippen molar-refractivity contribution in [2.45, 2.75) is 13.0 Å². The number of halogens is 1. The van der Waals surface area contributed by atoms with Crippen LogP contribution in [-0.4, -0.2) is 10.1 Å². The third-order valence-corrected chi connectivity index (χ3v) is 1.73. The molecule has 0 aliphatic heterocycles. The molecule has 0 aliphatic carbocycles. The Hall–Kier alpha value is -0.610. The SMILES string of the molecule is CC(N)c1ncc(Br)cc1O. The fraction of sp³-hybridized carbons (Fsp3) is 0.286. The lowest BCUT2D eigenvalue weighted by atomic mass is 10.2. The second-order valence-corrected chi connectivity index (χ2v) is 3.26. The molecule has 1 atom stereocenters. The molecular formula is C7H9BrN2O. The highest BCUT2D eigenvalue weighted by atomic mass is 79.9. The molecule has 0 aliphatic rings. The quantitative estimate of drug-likeness (QED) is 0.750. The number of hydrogen-bond acceptors (Lipinski definition) is 3. The van der Waals surface area contributed by atoms with Crippen LogP contribution in [0.2, 0.25) is 0 Å². The van der Waals surface area contributed by atoms with Gasteiger partial charge in [0.25, 0.3) is 0 Å². The maximum atomic E-state index is 9.29. The van der Waals surface area contributed by atoms with Gasteiger partial charge in [-0.05, 0) is 28.9 Å². The van der Waals surface area contributed by atoms with Crippen molar-refractivity contribution in [3.05, 3.63) is 22.4 Å². The van der Waals surface area contributed by atoms with E-state index in [1.54, 1.807) is 19.2 Å². The highest BCUT2D eigenvalue weighted by Gasteiger charge is 2.06. The summed E-state index contributed by atoms with van der Waals surface area (Å²) in [6, 6.07) is 1.34. The summed E-state index contributed by atoms with van der Waals surface area (Å²) >= 11 is 3.18. The maximum absolute atomic E-state index is 9.29. The second-order valence-electron chi connectivity index (χ2n) is 2.35. The van der Waals surface area contributed by atoms with E-state index in [2.05, 4.69) is 20.9 Å². The fourth-order valence-electron chi connectivity index (χ4n) is 0.790. The fourth-order valence-corrected chi connectivity index (χ4v) is 1.11. The van der Waals surface area contributed by atoms with Crippen molar-refractivity contribution in [2.24, 2.45) is 5.73 Å². The molecule has 0 spiro atoms. The molecule has 1 aromatic heterocycles. The largest absolute Gasteiger partial charge is 0.506 e. The van der Waals surface area contributed by atoms with Crippen LogP contribution >= 0.6 is 15.9 Å². The number of hydrogen-bond donors (Lipinski definition) is 2. The summed E-state index contributed by atoms with van der Waals surface area (Å²) in [6.07, 6.45) is 1.61. The Kier molecular flexibility index (Phi) is 2.46. The van der Waals surface area contributed by atoms with E-state index in [0.717, 1.165) is 4.47 Å². The van der Waals surface area contributed by atoms with Crippen molar-refractivity contribution in [1.82, 2.24) is 4.98 Å². The standard InChI is InChI=1S/C7H9BrN2O/c1-4(9)7-6(11)2-5(8)3-10-7/h2-4,11H,9H2,1H3. The van der Waals surface area contributed by atoms with E-state index in [9.17, 15) is 5.11 Å². The minimum Gasteiger partial charge on any atom is -0.506 e. The minimum atomic E-state index is -0.233. The van der Waals surface area contributed by atoms with Crippen LogP contribution in [0.15, 0.2) is 16.7 Å². The van der Waals surface area contributed by atoms with Gasteiger partial charge < -0.3 is 10.8 Å². The molecule has 0 bridgehead atoms. The van der Waals surface area contributed by atoms with Gasteiger partial charge in [-0.3, -0.25) is 4.98 Å². The van der Waals surface area contributed by atoms with E-state index in [4.69, 9.17) is 5.73 Å². The summed E-state index contributed by atoms with van der Waals surface area (Å²) in [5.41, 5.74) is 6.05. The van der Waals surface area contributed by atoms with Gasteiger partial charge >= 0.3 is 0 Å². The highest BCUT2D eigenvalue weighted by Crippen LogP contribution is 2.23. The van der Waals surface area contributed by atoms with E-state index >= 15 is 0 Å². The molecule has 0 saturated carbocycles. The molecule has 0 fully saturated rings. The first kappa shape index (κ1) is 8.49. The van der Waals surface area contributed by atoms with Crippen LogP contribution in [0, 0.1) is 0 Å². The average molecular weight is 217 g/mol. The molecule has 0 saturated heterocycles. The third-order valence-electron chi connectivity index (χ3n) is 1.30. The van der Waals surface area contributed by atoms with E-state index in [0.29, 0.717) is 5.69 Å². The zero-order valence-electron chi connectivity index (χ0n) is 6.08. The smallest absolute Gasteiger partial charge is 0.139 e. The zero-order chi connectivity index (χ0) is 8.43. The van der Waals surface area contributed by atoms with E-state index in [1.807, 2.05) is 0 Å². The van der Waals surface area contributed by atoms with E-state index in [-0.39, 0.29) is 11.8 Å². The van der Waals surface area contributed by atoms with Crippen LogP contribution in [0.5, 0.6) is 5.75 Å². The lowest BCUT2D eigenvalue weighted by molar-refractivity contribution is 0.458. The Bertz CT molecular complexity index is 263. The molecule has 3 nitrogen and oxygen atoms in total. The molecule has 0 radical (unpaired) electrons. The van der Waals surface area contributed by atoms with Crippen molar-refractivity contribution in [2.75, 3.05) is 0 Å². The van der Waals surface area contributed by atoms with Gasteiger partial charge in [0.1, 0.15) is 5.75 Å². The maximum Gasteiger partial charge on any atom is 0.139 e. The summed E-state index contributed by atoms with van der Waals surface area (Å²) < 4.78 is 0.749. The molecule has 11 heavy (non-hydrogen) atoms.